The predicted octanol–water partition coefficient (Wildman–Crippen LogP) is 1.17. The number of aryl methyl sites for hydroxylation is 1. The van der Waals surface area contributed by atoms with Crippen molar-refractivity contribution in [1.82, 2.24) is 0 Å². The maximum Gasteiger partial charge on any atom is 0.323 e. The van der Waals surface area contributed by atoms with E-state index in [-0.39, 0.29) is 0 Å². The third-order valence-corrected chi connectivity index (χ3v) is 3.09. The quantitative estimate of drug-likeness (QED) is 0.702. The van der Waals surface area contributed by atoms with Crippen LogP contribution < -0.4 is 10.6 Å². The van der Waals surface area contributed by atoms with E-state index >= 15 is 0 Å². The minimum atomic E-state index is -1.08. The van der Waals surface area contributed by atoms with Gasteiger partial charge in [0, 0.05) is 19.4 Å². The number of ether oxygens (including phenoxy) is 1. The topological polar surface area (TPSA) is 92.9 Å². The van der Waals surface area contributed by atoms with Gasteiger partial charge in [0.2, 0.25) is 5.91 Å². The molecule has 1 aromatic carbocycles. The van der Waals surface area contributed by atoms with Gasteiger partial charge >= 0.3 is 5.97 Å². The minimum absolute atomic E-state index is 0.391. The molecule has 0 fully saturated rings. The number of amides is 1. The first-order valence-corrected chi connectivity index (χ1v) is 6.80. The molecule has 0 saturated carbocycles. The zero-order valence-electron chi connectivity index (χ0n) is 12.4. The highest BCUT2D eigenvalue weighted by molar-refractivity contribution is 6.00. The summed E-state index contributed by atoms with van der Waals surface area (Å²) in [6.45, 7) is 2.04. The molecule has 6 nitrogen and oxygen atoms in total. The van der Waals surface area contributed by atoms with Crippen molar-refractivity contribution in [3.8, 4) is 0 Å². The zero-order chi connectivity index (χ0) is 15.8. The third-order valence-electron chi connectivity index (χ3n) is 3.09. The Kier molecular flexibility index (Phi) is 6.84. The number of hydrogen-bond acceptors (Lipinski definition) is 4. The van der Waals surface area contributed by atoms with E-state index in [0.717, 1.165) is 5.56 Å². The number of aliphatic carboxylic acids is 1. The smallest absolute Gasteiger partial charge is 0.323 e. The minimum Gasteiger partial charge on any atom is -0.480 e. The van der Waals surface area contributed by atoms with Crippen LogP contribution in [0.2, 0.25) is 0 Å². The van der Waals surface area contributed by atoms with Gasteiger partial charge in [0.25, 0.3) is 0 Å². The molecule has 0 bridgehead atoms. The number of carboxylic acid groups (broad SMARTS) is 1. The molecule has 0 radical (unpaired) electrons. The Hall–Kier alpha value is -1.92. The van der Waals surface area contributed by atoms with Crippen molar-refractivity contribution in [3.63, 3.8) is 0 Å². The molecule has 1 unspecified atom stereocenters. The Balaban J connectivity index is 2.83. The van der Waals surface area contributed by atoms with E-state index < -0.39 is 24.5 Å². The van der Waals surface area contributed by atoms with Crippen LogP contribution in [0.1, 0.15) is 18.4 Å². The summed E-state index contributed by atoms with van der Waals surface area (Å²) in [5, 5.41) is 8.99. The Morgan fingerprint density at radius 1 is 1.33 bits per heavy atom. The number of carbonyl (C=O) groups is 2. The van der Waals surface area contributed by atoms with E-state index in [1.165, 1.54) is 4.90 Å². The van der Waals surface area contributed by atoms with Crippen LogP contribution in [0.4, 0.5) is 5.69 Å². The highest BCUT2D eigenvalue weighted by Gasteiger charge is 2.24. The Morgan fingerprint density at radius 2 is 1.95 bits per heavy atom. The van der Waals surface area contributed by atoms with Crippen molar-refractivity contribution in [2.75, 3.05) is 25.2 Å². The fourth-order valence-corrected chi connectivity index (χ4v) is 1.93. The normalized spacial score (nSPS) is 12.0. The summed E-state index contributed by atoms with van der Waals surface area (Å²) in [7, 11) is 1.58. The number of carboxylic acids is 1. The average molecular weight is 294 g/mol. The van der Waals surface area contributed by atoms with Gasteiger partial charge in [-0.15, -0.1) is 0 Å². The van der Waals surface area contributed by atoms with Gasteiger partial charge in [-0.25, -0.2) is 0 Å². The molecule has 6 heteroatoms. The van der Waals surface area contributed by atoms with Crippen molar-refractivity contribution < 1.29 is 19.4 Å². The second-order valence-corrected chi connectivity index (χ2v) is 4.90. The van der Waals surface area contributed by atoms with Crippen molar-refractivity contribution in [1.29, 1.82) is 0 Å². The van der Waals surface area contributed by atoms with E-state index in [1.807, 2.05) is 19.1 Å². The second kappa shape index (κ2) is 8.39. The number of hydrogen-bond donors (Lipinski definition) is 2. The predicted molar refractivity (Wildman–Crippen MR) is 80.3 cm³/mol. The lowest BCUT2D eigenvalue weighted by atomic mass is 10.1. The first kappa shape index (κ1) is 17.1. The van der Waals surface area contributed by atoms with Crippen LogP contribution in [0.15, 0.2) is 24.3 Å². The molecule has 1 amide bonds. The molecule has 0 spiro atoms. The van der Waals surface area contributed by atoms with Crippen LogP contribution in [-0.4, -0.2) is 43.3 Å². The second-order valence-electron chi connectivity index (χ2n) is 4.90. The summed E-state index contributed by atoms with van der Waals surface area (Å²) in [6.07, 6.45) is 1.10. The number of rotatable bonds is 8. The van der Waals surface area contributed by atoms with E-state index in [1.54, 1.807) is 19.2 Å². The molecule has 21 heavy (non-hydrogen) atoms. The van der Waals surface area contributed by atoms with Gasteiger partial charge in [-0.05, 0) is 31.9 Å². The Bertz CT molecular complexity index is 473. The van der Waals surface area contributed by atoms with Gasteiger partial charge in [0.15, 0.2) is 0 Å². The molecule has 1 aromatic rings. The first-order chi connectivity index (χ1) is 9.95. The van der Waals surface area contributed by atoms with Crippen LogP contribution in [0.5, 0.6) is 0 Å². The number of nitrogens with zero attached hydrogens (tertiary/aromatic N) is 1. The van der Waals surface area contributed by atoms with Crippen LogP contribution in [0.3, 0.4) is 0 Å². The molecular formula is C15H22N2O4. The monoisotopic (exact) mass is 294 g/mol. The molecule has 0 aliphatic heterocycles. The molecule has 0 aromatic heterocycles. The van der Waals surface area contributed by atoms with Crippen LogP contribution in [0, 0.1) is 6.92 Å². The number of methoxy groups -OCH3 is 1. The zero-order valence-corrected chi connectivity index (χ0v) is 12.4. The van der Waals surface area contributed by atoms with E-state index in [0.29, 0.717) is 25.1 Å². The van der Waals surface area contributed by atoms with Gasteiger partial charge in [-0.2, -0.15) is 0 Å². The Labute approximate surface area is 124 Å². The van der Waals surface area contributed by atoms with Crippen molar-refractivity contribution >= 4 is 17.6 Å². The summed E-state index contributed by atoms with van der Waals surface area (Å²) in [6, 6.07) is 6.36. The van der Waals surface area contributed by atoms with E-state index in [4.69, 9.17) is 15.6 Å². The maximum absolute atomic E-state index is 12.4. The lowest BCUT2D eigenvalue weighted by Crippen LogP contribution is -2.46. The molecule has 0 heterocycles. The van der Waals surface area contributed by atoms with Crippen molar-refractivity contribution in [2.45, 2.75) is 25.8 Å². The molecule has 0 aliphatic rings. The van der Waals surface area contributed by atoms with E-state index in [9.17, 15) is 9.59 Å². The largest absolute Gasteiger partial charge is 0.480 e. The van der Waals surface area contributed by atoms with Crippen LogP contribution in [-0.2, 0) is 14.3 Å². The van der Waals surface area contributed by atoms with Gasteiger partial charge in [-0.3, -0.25) is 14.5 Å². The van der Waals surface area contributed by atoms with E-state index in [2.05, 4.69) is 0 Å². The first-order valence-electron chi connectivity index (χ1n) is 6.80. The molecular weight excluding hydrogens is 272 g/mol. The number of benzene rings is 1. The fraction of sp³-hybridized carbons (Fsp3) is 0.467. The summed E-state index contributed by atoms with van der Waals surface area (Å²) < 4.78 is 4.92. The maximum atomic E-state index is 12.4. The standard InChI is InChI=1S/C15H22N2O4/c1-11-5-7-12(8-6-11)17(10-14(18)19)15(20)13(16)4-3-9-21-2/h5-8,13H,3-4,9-10,16H2,1-2H3,(H,18,19). The van der Waals surface area contributed by atoms with Crippen molar-refractivity contribution in [3.05, 3.63) is 29.8 Å². The molecule has 116 valence electrons. The highest BCUT2D eigenvalue weighted by atomic mass is 16.5. The summed E-state index contributed by atoms with van der Waals surface area (Å²) >= 11 is 0. The highest BCUT2D eigenvalue weighted by Crippen LogP contribution is 2.16. The SMILES string of the molecule is COCCCC(N)C(=O)N(CC(=O)O)c1ccc(C)cc1. The number of nitrogens with two attached hydrogens (primary N) is 1. The van der Waals surface area contributed by atoms with Crippen LogP contribution in [0.25, 0.3) is 0 Å². The average Bonchev–Trinajstić information content (AvgIpc) is 2.45. The Morgan fingerprint density at radius 3 is 2.48 bits per heavy atom. The molecule has 1 rings (SSSR count). The van der Waals surface area contributed by atoms with Crippen LogP contribution >= 0.6 is 0 Å². The molecule has 0 aliphatic carbocycles. The summed E-state index contributed by atoms with van der Waals surface area (Å²) in [4.78, 5) is 24.5. The van der Waals surface area contributed by atoms with Gasteiger partial charge in [0.1, 0.15) is 6.54 Å². The third kappa shape index (κ3) is 5.53. The van der Waals surface area contributed by atoms with Gasteiger partial charge in [-0.1, -0.05) is 17.7 Å². The van der Waals surface area contributed by atoms with Crippen molar-refractivity contribution in [2.24, 2.45) is 5.73 Å². The molecule has 0 saturated heterocycles. The lowest BCUT2D eigenvalue weighted by molar-refractivity contribution is -0.136. The fourth-order valence-electron chi connectivity index (χ4n) is 1.93. The summed E-state index contributed by atoms with van der Waals surface area (Å²) in [5.41, 5.74) is 7.43. The van der Waals surface area contributed by atoms with Gasteiger partial charge < -0.3 is 15.6 Å². The molecule has 1 atom stereocenters. The number of anilines is 1. The number of carbonyl (C=O) groups excluding carboxylic acids is 1. The summed E-state index contributed by atoms with van der Waals surface area (Å²) in [5.74, 6) is -1.47. The lowest BCUT2D eigenvalue weighted by Gasteiger charge is -2.24. The molecule has 3 N–H and O–H groups in total. The van der Waals surface area contributed by atoms with Gasteiger partial charge in [0.05, 0.1) is 6.04 Å².